The van der Waals surface area contributed by atoms with Crippen molar-refractivity contribution in [1.29, 1.82) is 0 Å². The quantitative estimate of drug-likeness (QED) is 0.379. The van der Waals surface area contributed by atoms with Crippen LogP contribution in [0, 0.1) is 0 Å². The van der Waals surface area contributed by atoms with Gasteiger partial charge in [-0.3, -0.25) is 4.79 Å². The highest BCUT2D eigenvalue weighted by atomic mass is 33.1. The lowest BCUT2D eigenvalue weighted by atomic mass is 10.1. The van der Waals surface area contributed by atoms with Crippen molar-refractivity contribution < 1.29 is 9.53 Å². The summed E-state index contributed by atoms with van der Waals surface area (Å²) in [7, 11) is 3.99. The second-order valence-electron chi connectivity index (χ2n) is 2.79. The summed E-state index contributed by atoms with van der Waals surface area (Å²) in [4.78, 5) is 9.79. The minimum Gasteiger partial charge on any atom is -0.468 e. The SMILES string of the molecule is O=COCCCC[C@@H]1CCSS1. The summed E-state index contributed by atoms with van der Waals surface area (Å²) in [6.45, 7) is 1.12. The zero-order chi connectivity index (χ0) is 8.65. The molecule has 0 N–H and O–H groups in total. The summed E-state index contributed by atoms with van der Waals surface area (Å²) in [5.74, 6) is 1.31. The number of carbonyl (C=O) groups excluding carboxylic acids is 1. The van der Waals surface area contributed by atoms with E-state index in [-0.39, 0.29) is 0 Å². The fourth-order valence-electron chi connectivity index (χ4n) is 1.17. The fraction of sp³-hybridized carbons (Fsp3) is 0.875. The van der Waals surface area contributed by atoms with Crippen LogP contribution in [0.4, 0.5) is 0 Å². The van der Waals surface area contributed by atoms with E-state index in [1.165, 1.54) is 25.0 Å². The van der Waals surface area contributed by atoms with Gasteiger partial charge in [0.1, 0.15) is 0 Å². The number of carbonyl (C=O) groups is 1. The molecule has 1 saturated heterocycles. The van der Waals surface area contributed by atoms with Crippen molar-refractivity contribution in [1.82, 2.24) is 0 Å². The largest absolute Gasteiger partial charge is 0.468 e. The van der Waals surface area contributed by atoms with Crippen molar-refractivity contribution >= 4 is 28.1 Å². The molecule has 0 aliphatic carbocycles. The van der Waals surface area contributed by atoms with Gasteiger partial charge in [-0.05, 0) is 25.7 Å². The summed E-state index contributed by atoms with van der Waals surface area (Å²) in [5.41, 5.74) is 0. The van der Waals surface area contributed by atoms with Gasteiger partial charge in [-0.1, -0.05) is 21.6 Å². The van der Waals surface area contributed by atoms with Crippen LogP contribution in [0.25, 0.3) is 0 Å². The van der Waals surface area contributed by atoms with E-state index in [0.29, 0.717) is 13.1 Å². The first-order valence-electron chi connectivity index (χ1n) is 4.27. The number of hydrogen-bond donors (Lipinski definition) is 0. The molecular weight excluding hydrogens is 192 g/mol. The average Bonchev–Trinajstić information content (AvgIpc) is 2.57. The van der Waals surface area contributed by atoms with Gasteiger partial charge in [-0.2, -0.15) is 0 Å². The molecule has 0 unspecified atom stereocenters. The van der Waals surface area contributed by atoms with Gasteiger partial charge in [-0.25, -0.2) is 0 Å². The number of hydrogen-bond acceptors (Lipinski definition) is 4. The Kier molecular flexibility index (Phi) is 5.69. The normalized spacial score (nSPS) is 22.5. The minimum atomic E-state index is 0.528. The third-order valence-electron chi connectivity index (χ3n) is 1.83. The molecule has 0 spiro atoms. The molecule has 0 aromatic rings. The Bertz CT molecular complexity index is 124. The number of rotatable bonds is 6. The Morgan fingerprint density at radius 2 is 2.42 bits per heavy atom. The van der Waals surface area contributed by atoms with E-state index in [2.05, 4.69) is 4.74 Å². The van der Waals surface area contributed by atoms with Crippen molar-refractivity contribution in [3.8, 4) is 0 Å². The van der Waals surface area contributed by atoms with Crippen LogP contribution in [0.15, 0.2) is 0 Å². The molecule has 4 heteroatoms. The van der Waals surface area contributed by atoms with E-state index >= 15 is 0 Å². The summed E-state index contributed by atoms with van der Waals surface area (Å²) in [6, 6.07) is 0. The zero-order valence-electron chi connectivity index (χ0n) is 7.03. The summed E-state index contributed by atoms with van der Waals surface area (Å²) < 4.78 is 4.61. The third kappa shape index (κ3) is 4.26. The van der Waals surface area contributed by atoms with Crippen molar-refractivity contribution in [2.45, 2.75) is 30.9 Å². The van der Waals surface area contributed by atoms with Gasteiger partial charge in [0, 0.05) is 11.0 Å². The molecule has 70 valence electrons. The van der Waals surface area contributed by atoms with Gasteiger partial charge in [-0.15, -0.1) is 0 Å². The van der Waals surface area contributed by atoms with Crippen LogP contribution in [0.2, 0.25) is 0 Å². The van der Waals surface area contributed by atoms with Crippen molar-refractivity contribution in [2.24, 2.45) is 0 Å². The van der Waals surface area contributed by atoms with Crippen molar-refractivity contribution in [3.63, 3.8) is 0 Å². The first-order valence-corrected chi connectivity index (χ1v) is 6.65. The molecule has 2 nitrogen and oxygen atoms in total. The Hall–Kier alpha value is 0.170. The molecule has 0 aromatic carbocycles. The topological polar surface area (TPSA) is 26.3 Å². The first kappa shape index (κ1) is 10.3. The molecule has 0 bridgehead atoms. The average molecular weight is 206 g/mol. The fourth-order valence-corrected chi connectivity index (χ4v) is 4.20. The van der Waals surface area contributed by atoms with Gasteiger partial charge in [0.2, 0.25) is 0 Å². The smallest absolute Gasteiger partial charge is 0.293 e. The molecule has 1 aliphatic heterocycles. The summed E-state index contributed by atoms with van der Waals surface area (Å²) in [6.07, 6.45) is 4.83. The molecule has 0 amide bonds. The monoisotopic (exact) mass is 206 g/mol. The van der Waals surface area contributed by atoms with Crippen LogP contribution in [0.1, 0.15) is 25.7 Å². The molecule has 1 aliphatic rings. The maximum atomic E-state index is 9.79. The van der Waals surface area contributed by atoms with Gasteiger partial charge < -0.3 is 4.74 Å². The molecule has 0 radical (unpaired) electrons. The summed E-state index contributed by atoms with van der Waals surface area (Å²) >= 11 is 0. The lowest BCUT2D eigenvalue weighted by Crippen LogP contribution is -1.99. The number of unbranched alkanes of at least 4 members (excludes halogenated alkanes) is 1. The Balaban J connectivity index is 1.84. The van der Waals surface area contributed by atoms with Crippen LogP contribution in [-0.4, -0.2) is 24.1 Å². The molecule has 12 heavy (non-hydrogen) atoms. The predicted molar refractivity (Wildman–Crippen MR) is 54.3 cm³/mol. The molecule has 1 heterocycles. The van der Waals surface area contributed by atoms with E-state index in [1.54, 1.807) is 0 Å². The number of ether oxygens (including phenoxy) is 1. The summed E-state index contributed by atoms with van der Waals surface area (Å²) in [5, 5.41) is 0.853. The van der Waals surface area contributed by atoms with Gasteiger partial charge in [0.05, 0.1) is 6.61 Å². The van der Waals surface area contributed by atoms with Crippen molar-refractivity contribution in [2.75, 3.05) is 12.4 Å². The highest BCUT2D eigenvalue weighted by Crippen LogP contribution is 2.39. The lowest BCUT2D eigenvalue weighted by Gasteiger charge is -2.05. The Morgan fingerprint density at radius 3 is 3.08 bits per heavy atom. The zero-order valence-corrected chi connectivity index (χ0v) is 8.66. The molecule has 0 aromatic heterocycles. The van der Waals surface area contributed by atoms with E-state index in [1.807, 2.05) is 21.6 Å². The van der Waals surface area contributed by atoms with E-state index in [9.17, 15) is 4.79 Å². The van der Waals surface area contributed by atoms with Crippen LogP contribution in [0.5, 0.6) is 0 Å². The standard InChI is InChI=1S/C8H14O2S2/c9-7-10-5-2-1-3-8-4-6-11-12-8/h7-8H,1-6H2/t8-/m1/s1. The second kappa shape index (κ2) is 6.66. The lowest BCUT2D eigenvalue weighted by molar-refractivity contribution is -0.128. The maximum Gasteiger partial charge on any atom is 0.293 e. The second-order valence-corrected chi connectivity index (χ2v) is 5.58. The third-order valence-corrected chi connectivity index (χ3v) is 4.84. The van der Waals surface area contributed by atoms with Gasteiger partial charge in [0.25, 0.3) is 6.47 Å². The highest BCUT2D eigenvalue weighted by Gasteiger charge is 2.15. The van der Waals surface area contributed by atoms with Crippen LogP contribution >= 0.6 is 21.6 Å². The molecule has 1 fully saturated rings. The Morgan fingerprint density at radius 1 is 1.50 bits per heavy atom. The van der Waals surface area contributed by atoms with E-state index in [0.717, 1.165) is 11.7 Å². The molecular formula is C8H14O2S2. The molecule has 1 rings (SSSR count). The van der Waals surface area contributed by atoms with Crippen LogP contribution in [0.3, 0.4) is 0 Å². The maximum absolute atomic E-state index is 9.79. The molecule has 1 atom stereocenters. The predicted octanol–water partition coefficient (Wildman–Crippen LogP) is 2.48. The van der Waals surface area contributed by atoms with Crippen LogP contribution in [-0.2, 0) is 9.53 Å². The van der Waals surface area contributed by atoms with Crippen molar-refractivity contribution in [3.05, 3.63) is 0 Å². The van der Waals surface area contributed by atoms with Gasteiger partial charge in [0.15, 0.2) is 0 Å². The molecule has 0 saturated carbocycles. The van der Waals surface area contributed by atoms with E-state index < -0.39 is 0 Å². The van der Waals surface area contributed by atoms with E-state index in [4.69, 9.17) is 0 Å². The van der Waals surface area contributed by atoms with Crippen LogP contribution < -0.4 is 0 Å². The highest BCUT2D eigenvalue weighted by molar-refractivity contribution is 8.77. The first-order chi connectivity index (χ1) is 5.93. The van der Waals surface area contributed by atoms with Gasteiger partial charge >= 0.3 is 0 Å². The minimum absolute atomic E-state index is 0.528. The Labute approximate surface area is 81.2 Å².